The van der Waals surface area contributed by atoms with Crippen molar-refractivity contribution >= 4 is 56.8 Å². The number of anilines is 2. The van der Waals surface area contributed by atoms with Gasteiger partial charge >= 0.3 is 6.09 Å². The lowest BCUT2D eigenvalue weighted by Gasteiger charge is -2.21. The first-order chi connectivity index (χ1) is 18.0. The number of benzene rings is 2. The molecule has 2 aromatic carbocycles. The molecule has 0 spiro atoms. The first kappa shape index (κ1) is 24.9. The molecule has 1 aliphatic carbocycles. The molecule has 5 rings (SSSR count). The van der Waals surface area contributed by atoms with E-state index in [1.54, 1.807) is 0 Å². The van der Waals surface area contributed by atoms with E-state index in [0.717, 1.165) is 64.4 Å². The highest BCUT2D eigenvalue weighted by molar-refractivity contribution is 6.31. The van der Waals surface area contributed by atoms with Gasteiger partial charge in [-0.2, -0.15) is 0 Å². The van der Waals surface area contributed by atoms with Gasteiger partial charge in [0.1, 0.15) is 6.61 Å². The van der Waals surface area contributed by atoms with Crippen LogP contribution in [0.2, 0.25) is 5.02 Å². The van der Waals surface area contributed by atoms with Crippen molar-refractivity contribution in [3.05, 3.63) is 64.4 Å². The van der Waals surface area contributed by atoms with Crippen LogP contribution in [0.25, 0.3) is 21.8 Å². The highest BCUT2D eigenvalue weighted by Gasteiger charge is 2.18. The predicted octanol–water partition coefficient (Wildman–Crippen LogP) is 5.59. The topological polar surface area (TPSA) is 108 Å². The number of hydrogen-bond donors (Lipinski definition) is 4. The predicted molar refractivity (Wildman–Crippen MR) is 148 cm³/mol. The number of hydrogen-bond acceptors (Lipinski definition) is 5. The highest BCUT2D eigenvalue weighted by Crippen LogP contribution is 2.34. The number of carbonyl (C=O) groups is 2. The lowest BCUT2D eigenvalue weighted by molar-refractivity contribution is -0.118. The van der Waals surface area contributed by atoms with Crippen LogP contribution in [-0.2, 0) is 28.8 Å². The smallest absolute Gasteiger partial charge is 0.411 e. The van der Waals surface area contributed by atoms with Crippen molar-refractivity contribution in [3.63, 3.8) is 0 Å². The van der Waals surface area contributed by atoms with Crippen LogP contribution >= 0.6 is 11.6 Å². The molecule has 1 aliphatic rings. The molecule has 0 saturated carbocycles. The van der Waals surface area contributed by atoms with Gasteiger partial charge < -0.3 is 20.4 Å². The van der Waals surface area contributed by atoms with Gasteiger partial charge in [0.25, 0.3) is 0 Å². The molecule has 37 heavy (non-hydrogen) atoms. The van der Waals surface area contributed by atoms with Gasteiger partial charge in [0.15, 0.2) is 0 Å². The summed E-state index contributed by atoms with van der Waals surface area (Å²) in [7, 11) is 0. The second-order valence-corrected chi connectivity index (χ2v) is 9.71. The summed E-state index contributed by atoms with van der Waals surface area (Å²) in [6.07, 6.45) is 6.34. The normalized spacial score (nSPS) is 12.8. The van der Waals surface area contributed by atoms with Crippen molar-refractivity contribution in [1.82, 2.24) is 15.3 Å². The Bertz CT molecular complexity index is 1470. The lowest BCUT2D eigenvalue weighted by Crippen LogP contribution is -2.22. The van der Waals surface area contributed by atoms with Crippen molar-refractivity contribution in [2.75, 3.05) is 30.3 Å². The number of rotatable bonds is 8. The number of amides is 2. The van der Waals surface area contributed by atoms with Crippen molar-refractivity contribution in [1.29, 1.82) is 0 Å². The number of fused-ring (bicyclic) bond motifs is 3. The maximum Gasteiger partial charge on any atom is 0.411 e. The molecule has 0 saturated heterocycles. The quantitative estimate of drug-likeness (QED) is 0.227. The zero-order valence-electron chi connectivity index (χ0n) is 20.7. The summed E-state index contributed by atoms with van der Waals surface area (Å²) in [6, 6.07) is 11.4. The molecule has 2 aromatic heterocycles. The maximum absolute atomic E-state index is 12.5. The second-order valence-electron chi connectivity index (χ2n) is 9.28. The minimum atomic E-state index is -0.509. The molecular formula is C28H30ClN5O3. The first-order valence-corrected chi connectivity index (χ1v) is 13.0. The molecule has 8 nitrogen and oxygen atoms in total. The second kappa shape index (κ2) is 11.1. The van der Waals surface area contributed by atoms with E-state index in [-0.39, 0.29) is 12.5 Å². The lowest BCUT2D eigenvalue weighted by atomic mass is 9.92. The Morgan fingerprint density at radius 3 is 2.81 bits per heavy atom. The molecule has 4 aromatic rings. The Balaban J connectivity index is 1.19. The summed E-state index contributed by atoms with van der Waals surface area (Å²) < 4.78 is 5.45. The van der Waals surface area contributed by atoms with Crippen LogP contribution in [0, 0.1) is 0 Å². The number of aryl methyl sites for hydroxylation is 1. The maximum atomic E-state index is 12.5. The molecule has 9 heteroatoms. The summed E-state index contributed by atoms with van der Waals surface area (Å²) in [5.41, 5.74) is 7.00. The van der Waals surface area contributed by atoms with Crippen LogP contribution in [0.3, 0.4) is 0 Å². The van der Waals surface area contributed by atoms with E-state index in [1.165, 1.54) is 12.5 Å². The Labute approximate surface area is 220 Å². The van der Waals surface area contributed by atoms with E-state index in [9.17, 15) is 9.59 Å². The average Bonchev–Trinajstić information content (AvgIpc) is 3.27. The standard InChI is InChI=1S/C28H30ClN5O3/c1-17(35)30-11-10-18-16-32-24-9-7-20(15-23(18)24)33-28(36)37-13-12-31-27-21-4-2-3-5-25(21)34-26-14-19(29)6-8-22(26)27/h6-9,14-16,32H,2-5,10-13H2,1H3,(H,30,35)(H,31,34)(H,33,36). The van der Waals surface area contributed by atoms with Crippen LogP contribution in [0.4, 0.5) is 16.2 Å². The SMILES string of the molecule is CC(=O)NCCc1c[nH]c2ccc(NC(=O)OCCNc3c4c(nc5cc(Cl)ccc35)CCCC4)cc12. The Kier molecular flexibility index (Phi) is 7.46. The molecule has 2 amide bonds. The van der Waals surface area contributed by atoms with Gasteiger partial charge in [0.2, 0.25) is 5.91 Å². The minimum absolute atomic E-state index is 0.0548. The number of H-pyrrole nitrogens is 1. The number of ether oxygens (including phenoxy) is 1. The Morgan fingerprint density at radius 2 is 1.95 bits per heavy atom. The number of aromatic amines is 1. The highest BCUT2D eigenvalue weighted by atomic mass is 35.5. The summed E-state index contributed by atoms with van der Waals surface area (Å²) in [5.74, 6) is -0.0548. The third-order valence-electron chi connectivity index (χ3n) is 6.64. The van der Waals surface area contributed by atoms with Gasteiger partial charge in [0.05, 0.1) is 5.52 Å². The summed E-state index contributed by atoms with van der Waals surface area (Å²) >= 11 is 6.21. The van der Waals surface area contributed by atoms with E-state index in [4.69, 9.17) is 21.3 Å². The average molecular weight is 520 g/mol. The first-order valence-electron chi connectivity index (χ1n) is 12.6. The number of aromatic nitrogens is 2. The van der Waals surface area contributed by atoms with E-state index in [1.807, 2.05) is 42.6 Å². The molecule has 0 fully saturated rings. The van der Waals surface area contributed by atoms with Crippen molar-refractivity contribution < 1.29 is 14.3 Å². The number of halogens is 1. The van der Waals surface area contributed by atoms with Gasteiger partial charge in [-0.05, 0) is 79.6 Å². The molecule has 0 atom stereocenters. The van der Waals surface area contributed by atoms with Crippen molar-refractivity contribution in [2.45, 2.75) is 39.0 Å². The van der Waals surface area contributed by atoms with E-state index in [0.29, 0.717) is 30.2 Å². The van der Waals surface area contributed by atoms with Crippen molar-refractivity contribution in [2.24, 2.45) is 0 Å². The number of nitrogens with one attached hydrogen (secondary N) is 4. The molecular weight excluding hydrogens is 490 g/mol. The third-order valence-corrected chi connectivity index (χ3v) is 6.88. The molecule has 4 N–H and O–H groups in total. The fourth-order valence-electron chi connectivity index (χ4n) is 4.91. The van der Waals surface area contributed by atoms with Crippen LogP contribution < -0.4 is 16.0 Å². The zero-order chi connectivity index (χ0) is 25.8. The summed E-state index contributed by atoms with van der Waals surface area (Å²) in [6.45, 7) is 2.75. The van der Waals surface area contributed by atoms with Gasteiger partial charge in [0, 0.05) is 64.6 Å². The number of nitrogens with zero attached hydrogens (tertiary/aromatic N) is 1. The zero-order valence-corrected chi connectivity index (χ0v) is 21.5. The van der Waals surface area contributed by atoms with Gasteiger partial charge in [-0.25, -0.2) is 4.79 Å². The largest absolute Gasteiger partial charge is 0.447 e. The Hall–Kier alpha value is -3.78. The number of carbonyl (C=O) groups excluding carboxylic acids is 2. The molecule has 192 valence electrons. The van der Waals surface area contributed by atoms with Gasteiger partial charge in [-0.1, -0.05) is 11.6 Å². The van der Waals surface area contributed by atoms with E-state index in [2.05, 4.69) is 20.9 Å². The van der Waals surface area contributed by atoms with Crippen LogP contribution in [0.1, 0.15) is 36.6 Å². The van der Waals surface area contributed by atoms with Gasteiger partial charge in [-0.15, -0.1) is 0 Å². The van der Waals surface area contributed by atoms with E-state index < -0.39 is 6.09 Å². The fourth-order valence-corrected chi connectivity index (χ4v) is 5.08. The van der Waals surface area contributed by atoms with Crippen LogP contribution in [-0.4, -0.2) is 41.7 Å². The monoisotopic (exact) mass is 519 g/mol. The molecule has 2 heterocycles. The number of pyridine rings is 1. The van der Waals surface area contributed by atoms with Gasteiger partial charge in [-0.3, -0.25) is 15.1 Å². The van der Waals surface area contributed by atoms with E-state index >= 15 is 0 Å². The third kappa shape index (κ3) is 5.80. The summed E-state index contributed by atoms with van der Waals surface area (Å²) in [5, 5.41) is 11.8. The van der Waals surface area contributed by atoms with Crippen LogP contribution in [0.5, 0.6) is 0 Å². The Morgan fingerprint density at radius 1 is 1.08 bits per heavy atom. The minimum Gasteiger partial charge on any atom is -0.447 e. The molecule has 0 aliphatic heterocycles. The van der Waals surface area contributed by atoms with Crippen molar-refractivity contribution in [3.8, 4) is 0 Å². The van der Waals surface area contributed by atoms with Crippen LogP contribution in [0.15, 0.2) is 42.6 Å². The molecule has 0 unspecified atom stereocenters. The fraction of sp³-hybridized carbons (Fsp3) is 0.321. The molecule has 0 radical (unpaired) electrons. The molecule has 0 bridgehead atoms. The summed E-state index contributed by atoms with van der Waals surface area (Å²) in [4.78, 5) is 31.7.